The molecule has 0 fully saturated rings. The molecule has 120 valence electrons. The molecule has 20 heavy (non-hydrogen) atoms. The van der Waals surface area contributed by atoms with Crippen LogP contribution in [0.25, 0.3) is 0 Å². The Balaban J connectivity index is 6.13. The van der Waals surface area contributed by atoms with Gasteiger partial charge in [0.05, 0.1) is 0 Å². The van der Waals surface area contributed by atoms with Crippen molar-refractivity contribution in [3.8, 4) is 0 Å². The molecule has 0 saturated carbocycles. The van der Waals surface area contributed by atoms with Gasteiger partial charge in [-0.15, -0.1) is 0 Å². The molecule has 0 aromatic carbocycles. The van der Waals surface area contributed by atoms with Gasteiger partial charge in [-0.3, -0.25) is 4.79 Å². The number of hydrogen-bond donors (Lipinski definition) is 0. The predicted octanol–water partition coefficient (Wildman–Crippen LogP) is 0.143. The zero-order valence-electron chi connectivity index (χ0n) is 13.3. The second kappa shape index (κ2) is 7.61. The quantitative estimate of drug-likeness (QED) is 0.437. The summed E-state index contributed by atoms with van der Waals surface area (Å²) in [5.74, 6) is -0.557. The Morgan fingerprint density at radius 3 is 1.15 bits per heavy atom. The molecule has 0 unspecified atom stereocenters. The monoisotopic (exact) mass is 328 g/mol. The third kappa shape index (κ3) is 2.97. The highest BCUT2D eigenvalue weighted by Gasteiger charge is 2.77. The molecular weight excluding hydrogens is 304 g/mol. The standard InChI is InChI=1S/C10H24O8Si2/c1-9(11)18-10(2,19(12-3,13-4)14-5)20(15-6,16-7)17-8/h1-8H3. The summed E-state index contributed by atoms with van der Waals surface area (Å²) < 4.78 is 38.0. The van der Waals surface area contributed by atoms with Gasteiger partial charge in [-0.25, -0.2) is 0 Å². The van der Waals surface area contributed by atoms with Crippen LogP contribution < -0.4 is 0 Å². The van der Waals surface area contributed by atoms with Crippen molar-refractivity contribution in [3.05, 3.63) is 0 Å². The second-order valence-corrected chi connectivity index (χ2v) is 11.0. The van der Waals surface area contributed by atoms with E-state index < -0.39 is 28.4 Å². The highest BCUT2D eigenvalue weighted by Crippen LogP contribution is 2.37. The number of ether oxygens (including phenoxy) is 1. The van der Waals surface area contributed by atoms with Crippen LogP contribution in [-0.2, 0) is 36.1 Å². The van der Waals surface area contributed by atoms with E-state index in [0.29, 0.717) is 0 Å². The fraction of sp³-hybridized carbons (Fsp3) is 0.900. The minimum absolute atomic E-state index is 0.557. The van der Waals surface area contributed by atoms with E-state index in [1.165, 1.54) is 49.6 Å². The van der Waals surface area contributed by atoms with Crippen LogP contribution in [0.4, 0.5) is 0 Å². The van der Waals surface area contributed by atoms with Crippen LogP contribution in [0.5, 0.6) is 0 Å². The molecule has 8 nitrogen and oxygen atoms in total. The Morgan fingerprint density at radius 1 is 0.750 bits per heavy atom. The number of rotatable bonds is 9. The van der Waals surface area contributed by atoms with Gasteiger partial charge in [-0.2, -0.15) is 0 Å². The van der Waals surface area contributed by atoms with E-state index in [1.807, 2.05) is 0 Å². The van der Waals surface area contributed by atoms with Crippen LogP contribution in [0.1, 0.15) is 13.8 Å². The molecule has 0 heterocycles. The summed E-state index contributed by atoms with van der Waals surface area (Å²) in [7, 11) is 1.45. The Kier molecular flexibility index (Phi) is 7.48. The number of esters is 1. The highest BCUT2D eigenvalue weighted by atomic mass is 28.5. The van der Waals surface area contributed by atoms with E-state index in [-0.39, 0.29) is 0 Å². The molecule has 0 amide bonds. The molecule has 0 aromatic heterocycles. The molecule has 0 spiro atoms. The molecule has 0 aliphatic carbocycles. The molecular formula is C10H24O8Si2. The average Bonchev–Trinajstić information content (AvgIpc) is 2.43. The molecule has 0 atom stereocenters. The fourth-order valence-corrected chi connectivity index (χ4v) is 9.48. The van der Waals surface area contributed by atoms with E-state index in [1.54, 1.807) is 6.92 Å². The first-order valence-electron chi connectivity index (χ1n) is 5.79. The smallest absolute Gasteiger partial charge is 0.450 e. The summed E-state index contributed by atoms with van der Waals surface area (Å²) in [6.07, 6.45) is 0. The first kappa shape index (κ1) is 19.7. The van der Waals surface area contributed by atoms with Crippen LogP contribution in [0.15, 0.2) is 0 Å². The lowest BCUT2D eigenvalue weighted by molar-refractivity contribution is -0.153. The molecule has 0 rings (SSSR count). The summed E-state index contributed by atoms with van der Waals surface area (Å²) in [5, 5.41) is 0. The molecule has 0 N–H and O–H groups in total. The Morgan fingerprint density at radius 2 is 1.00 bits per heavy atom. The normalized spacial score (nSPS) is 13.4. The lowest BCUT2D eigenvalue weighted by Crippen LogP contribution is -2.78. The van der Waals surface area contributed by atoms with E-state index in [0.717, 1.165) is 0 Å². The van der Waals surface area contributed by atoms with Gasteiger partial charge in [0.1, 0.15) is 0 Å². The van der Waals surface area contributed by atoms with Gasteiger partial charge < -0.3 is 31.3 Å². The Hall–Kier alpha value is -0.336. The maximum absolute atomic E-state index is 11.5. The number of carbonyl (C=O) groups excluding carboxylic acids is 1. The van der Waals surface area contributed by atoms with Crippen molar-refractivity contribution >= 4 is 23.6 Å². The third-order valence-corrected chi connectivity index (χ3v) is 10.7. The van der Waals surface area contributed by atoms with Crippen molar-refractivity contribution in [2.75, 3.05) is 42.7 Å². The molecule has 0 aliphatic heterocycles. The fourth-order valence-electron chi connectivity index (χ4n) is 2.27. The van der Waals surface area contributed by atoms with Crippen molar-refractivity contribution < 1.29 is 36.1 Å². The molecule has 0 aromatic rings. The van der Waals surface area contributed by atoms with Crippen LogP contribution in [0.3, 0.4) is 0 Å². The van der Waals surface area contributed by atoms with Gasteiger partial charge in [0.25, 0.3) is 0 Å². The lowest BCUT2D eigenvalue weighted by atomic mass is 10.7. The SMILES string of the molecule is CO[Si](OC)(OC)C(C)(OC(C)=O)[Si](OC)(OC)OC. The zero-order valence-corrected chi connectivity index (χ0v) is 15.3. The van der Waals surface area contributed by atoms with Crippen LogP contribution in [-0.4, -0.2) is 71.1 Å². The van der Waals surface area contributed by atoms with E-state index in [4.69, 9.17) is 31.3 Å². The number of hydrogen-bond acceptors (Lipinski definition) is 8. The van der Waals surface area contributed by atoms with Crippen molar-refractivity contribution in [2.45, 2.75) is 18.7 Å². The van der Waals surface area contributed by atoms with Crippen molar-refractivity contribution in [1.82, 2.24) is 0 Å². The van der Waals surface area contributed by atoms with Gasteiger partial charge >= 0.3 is 23.6 Å². The minimum Gasteiger partial charge on any atom is -0.450 e. The summed E-state index contributed by atoms with van der Waals surface area (Å²) in [4.78, 5) is 10.1. The van der Waals surface area contributed by atoms with Crippen molar-refractivity contribution in [1.29, 1.82) is 0 Å². The molecule has 0 aliphatic rings. The molecule has 10 heteroatoms. The number of carbonyl (C=O) groups is 1. The van der Waals surface area contributed by atoms with Gasteiger partial charge in [0.15, 0.2) is 0 Å². The third-order valence-electron chi connectivity index (χ3n) is 3.13. The summed E-state index contributed by atoms with van der Waals surface area (Å²) in [6, 6.07) is 0. The van der Waals surface area contributed by atoms with Gasteiger partial charge in [0.2, 0.25) is 4.85 Å². The van der Waals surface area contributed by atoms with Gasteiger partial charge in [-0.1, -0.05) is 0 Å². The zero-order chi connectivity index (χ0) is 16.0. The maximum Gasteiger partial charge on any atom is 0.551 e. The van der Waals surface area contributed by atoms with E-state index >= 15 is 0 Å². The Labute approximate surface area is 121 Å². The van der Waals surface area contributed by atoms with Crippen molar-refractivity contribution in [2.24, 2.45) is 0 Å². The minimum atomic E-state index is -3.49. The van der Waals surface area contributed by atoms with Gasteiger partial charge in [-0.05, 0) is 6.92 Å². The highest BCUT2D eigenvalue weighted by molar-refractivity contribution is 6.85. The Bertz CT molecular complexity index is 280. The van der Waals surface area contributed by atoms with E-state index in [9.17, 15) is 4.79 Å². The van der Waals surface area contributed by atoms with Crippen LogP contribution >= 0.6 is 0 Å². The maximum atomic E-state index is 11.5. The summed E-state index contributed by atoms with van der Waals surface area (Å²) in [5.41, 5.74) is 0. The van der Waals surface area contributed by atoms with Crippen LogP contribution in [0.2, 0.25) is 0 Å². The van der Waals surface area contributed by atoms with Gasteiger partial charge in [0, 0.05) is 49.6 Å². The lowest BCUT2D eigenvalue weighted by Gasteiger charge is -2.45. The topological polar surface area (TPSA) is 81.7 Å². The van der Waals surface area contributed by atoms with E-state index in [2.05, 4.69) is 0 Å². The molecule has 0 bridgehead atoms. The van der Waals surface area contributed by atoms with Crippen LogP contribution in [0, 0.1) is 0 Å². The molecule has 0 saturated heterocycles. The second-order valence-electron chi connectivity index (χ2n) is 3.96. The summed E-state index contributed by atoms with van der Waals surface area (Å²) >= 11 is 0. The van der Waals surface area contributed by atoms with Crippen molar-refractivity contribution in [3.63, 3.8) is 0 Å². The average molecular weight is 328 g/mol. The largest absolute Gasteiger partial charge is 0.551 e. The first-order chi connectivity index (χ1) is 9.28. The predicted molar refractivity (Wildman–Crippen MR) is 73.7 cm³/mol. The molecule has 0 radical (unpaired) electrons. The first-order valence-corrected chi connectivity index (χ1v) is 9.24. The summed E-state index contributed by atoms with van der Waals surface area (Å²) in [6.45, 7) is 2.83.